The second kappa shape index (κ2) is 14.5. The van der Waals surface area contributed by atoms with E-state index in [1.807, 2.05) is 26.0 Å². The third-order valence-electron chi connectivity index (χ3n) is 7.55. The van der Waals surface area contributed by atoms with Gasteiger partial charge in [-0.2, -0.15) is 21.6 Å². The van der Waals surface area contributed by atoms with Crippen molar-refractivity contribution in [1.82, 2.24) is 9.88 Å². The molecule has 0 unspecified atom stereocenters. The van der Waals surface area contributed by atoms with Crippen molar-refractivity contribution in [3.05, 3.63) is 64.7 Å². The molecule has 2 aliphatic rings. The van der Waals surface area contributed by atoms with Gasteiger partial charge in [0.1, 0.15) is 18.0 Å². The van der Waals surface area contributed by atoms with Crippen molar-refractivity contribution in [2.75, 3.05) is 26.9 Å². The first-order valence-corrected chi connectivity index (χ1v) is 17.0. The van der Waals surface area contributed by atoms with Crippen LogP contribution < -0.4 is 8.92 Å². The van der Waals surface area contributed by atoms with Gasteiger partial charge < -0.3 is 23.3 Å². The van der Waals surface area contributed by atoms with Crippen LogP contribution in [0, 0.1) is 0 Å². The number of hydrogen-bond acceptors (Lipinski definition) is 8. The van der Waals surface area contributed by atoms with Crippen LogP contribution in [-0.4, -0.2) is 62.4 Å². The van der Waals surface area contributed by atoms with Crippen molar-refractivity contribution >= 4 is 16.2 Å². The number of halogens is 3. The number of pyridine rings is 1. The summed E-state index contributed by atoms with van der Waals surface area (Å²) in [7, 11) is -4.54. The van der Waals surface area contributed by atoms with E-state index in [-0.39, 0.29) is 18.8 Å². The van der Waals surface area contributed by atoms with Gasteiger partial charge in [-0.05, 0) is 80.8 Å². The van der Waals surface area contributed by atoms with Gasteiger partial charge in [0.25, 0.3) is 0 Å². The lowest BCUT2D eigenvalue weighted by molar-refractivity contribution is -0.0501. The van der Waals surface area contributed by atoms with Crippen molar-refractivity contribution in [3.63, 3.8) is 0 Å². The van der Waals surface area contributed by atoms with Gasteiger partial charge >= 0.3 is 21.7 Å². The molecule has 0 saturated carbocycles. The highest BCUT2D eigenvalue weighted by molar-refractivity contribution is 7.88. The fraction of sp³-hybridized carbons (Fsp3) is 0.471. The van der Waals surface area contributed by atoms with Gasteiger partial charge in [0.2, 0.25) is 5.88 Å². The van der Waals surface area contributed by atoms with Crippen LogP contribution in [0.1, 0.15) is 63.3 Å². The molecule has 47 heavy (non-hydrogen) atoms. The Hall–Kier alpha value is -3.84. The molecule has 0 bridgehead atoms. The van der Waals surface area contributed by atoms with Gasteiger partial charge in [-0.3, -0.25) is 0 Å². The number of aromatic nitrogens is 1. The molecule has 1 aliphatic carbocycles. The predicted octanol–water partition coefficient (Wildman–Crippen LogP) is 7.48. The molecule has 5 rings (SSSR count). The molecule has 0 spiro atoms. The van der Waals surface area contributed by atoms with Crippen molar-refractivity contribution < 1.29 is 44.8 Å². The summed E-state index contributed by atoms with van der Waals surface area (Å²) < 4.78 is 86.7. The lowest BCUT2D eigenvalue weighted by Crippen LogP contribution is -2.39. The summed E-state index contributed by atoms with van der Waals surface area (Å²) in [6.07, 6.45) is 1.87. The van der Waals surface area contributed by atoms with E-state index in [4.69, 9.17) is 18.4 Å². The van der Waals surface area contributed by atoms with E-state index in [9.17, 15) is 26.4 Å². The number of amides is 1. The monoisotopic (exact) mass is 678 g/mol. The number of hydrogen-bond donors (Lipinski definition) is 0. The molecule has 256 valence electrons. The maximum absolute atomic E-state index is 13.6. The highest BCUT2D eigenvalue weighted by Crippen LogP contribution is 2.46. The molecule has 1 aromatic heterocycles. The number of carbonyl (C=O) groups excluding carboxylic acids is 1. The lowest BCUT2D eigenvalue weighted by Gasteiger charge is -2.31. The van der Waals surface area contributed by atoms with E-state index in [0.717, 1.165) is 16.7 Å². The van der Waals surface area contributed by atoms with Crippen LogP contribution >= 0.6 is 0 Å². The average Bonchev–Trinajstić information content (AvgIpc) is 3.50. The van der Waals surface area contributed by atoms with E-state index < -0.39 is 33.2 Å². The van der Waals surface area contributed by atoms with Gasteiger partial charge in [-0.25, -0.2) is 9.78 Å². The molecule has 0 saturated heterocycles. The molecule has 1 amide bonds. The maximum Gasteiger partial charge on any atom is 0.534 e. The number of rotatable bonds is 8. The van der Waals surface area contributed by atoms with Gasteiger partial charge in [0.15, 0.2) is 0 Å². The van der Waals surface area contributed by atoms with E-state index >= 15 is 0 Å². The van der Waals surface area contributed by atoms with Gasteiger partial charge in [0, 0.05) is 31.3 Å². The first-order chi connectivity index (χ1) is 22.2. The molecule has 2 heterocycles. The van der Waals surface area contributed by atoms with Gasteiger partial charge in [-0.15, -0.1) is 0 Å². The number of methoxy groups -OCH3 is 1. The summed E-state index contributed by atoms with van der Waals surface area (Å²) in [4.78, 5) is 18.8. The van der Waals surface area contributed by atoms with Crippen LogP contribution in [0.4, 0.5) is 18.0 Å². The number of fused-ring (bicyclic) bond motifs is 2. The summed E-state index contributed by atoms with van der Waals surface area (Å²) in [5.41, 5.74) is -1.49. The van der Waals surface area contributed by atoms with E-state index in [2.05, 4.69) is 4.98 Å². The minimum atomic E-state index is -6.05. The molecule has 9 nitrogen and oxygen atoms in total. The molecule has 2 aromatic carbocycles. The molecule has 1 aliphatic heterocycles. The number of alkyl halides is 3. The largest absolute Gasteiger partial charge is 0.534 e. The van der Waals surface area contributed by atoms with Crippen molar-refractivity contribution in [1.29, 1.82) is 0 Å². The predicted molar refractivity (Wildman–Crippen MR) is 172 cm³/mol. The van der Waals surface area contributed by atoms with Crippen LogP contribution in [-0.2, 0) is 45.4 Å². The number of nitrogens with zero attached hydrogens (tertiary/aromatic N) is 2. The molecule has 3 aromatic rings. The fourth-order valence-corrected chi connectivity index (χ4v) is 6.00. The third kappa shape index (κ3) is 8.18. The zero-order chi connectivity index (χ0) is 34.6. The van der Waals surface area contributed by atoms with Gasteiger partial charge in [0.05, 0.1) is 17.9 Å². The van der Waals surface area contributed by atoms with E-state index in [1.54, 1.807) is 56.0 Å². The zero-order valence-electron chi connectivity index (χ0n) is 27.5. The second-order valence-corrected chi connectivity index (χ2v) is 13.4. The molecular weight excluding hydrogens is 637 g/mol. The molecule has 0 atom stereocenters. The topological polar surface area (TPSA) is 104 Å². The Kier molecular flexibility index (Phi) is 11.1. The van der Waals surface area contributed by atoms with Crippen molar-refractivity contribution in [3.8, 4) is 34.0 Å². The first kappa shape index (κ1) is 36.0. The first-order valence-electron chi connectivity index (χ1n) is 15.6. The number of carbonyl (C=O) groups is 1. The Balaban J connectivity index is 0.00000245. The molecule has 0 radical (unpaired) electrons. The normalized spacial score (nSPS) is 14.4. The van der Waals surface area contributed by atoms with Crippen LogP contribution in [0.15, 0.2) is 42.5 Å². The fourth-order valence-electron chi connectivity index (χ4n) is 5.58. The molecule has 13 heteroatoms. The highest BCUT2D eigenvalue weighted by atomic mass is 32.2. The van der Waals surface area contributed by atoms with Crippen LogP contribution in [0.3, 0.4) is 0 Å². The highest BCUT2D eigenvalue weighted by Gasteiger charge is 2.49. The Labute approximate surface area is 274 Å². The van der Waals surface area contributed by atoms with Crippen molar-refractivity contribution in [2.24, 2.45) is 0 Å². The molecule has 0 N–H and O–H groups in total. The average molecular weight is 679 g/mol. The summed E-state index contributed by atoms with van der Waals surface area (Å²) in [6.45, 7) is 10.6. The zero-order valence-corrected chi connectivity index (χ0v) is 28.3. The number of benzene rings is 2. The quantitative estimate of drug-likeness (QED) is 0.137. The standard InChI is InChI=1S/C32H35F3N2O7S.C2H6/c1-31(2,3)43-30(38)37-15-14-20-18-21(12-13-22(20)19-37)28-24-10-7-9-23(24)27(29(36-28)44-45(39,40)32(33,34)35)25-8-5-6-11-26(25)42-17-16-41-4;1-2/h5-6,8,11-13,18H,7,9-10,14-17,19H2,1-4H3;1-2H3. The van der Waals surface area contributed by atoms with Crippen LogP contribution in [0.25, 0.3) is 22.4 Å². The second-order valence-electron chi connectivity index (χ2n) is 11.9. The Morgan fingerprint density at radius 2 is 1.66 bits per heavy atom. The lowest BCUT2D eigenvalue weighted by atomic mass is 9.92. The number of para-hydroxylation sites is 1. The van der Waals surface area contributed by atoms with Gasteiger partial charge in [-0.1, -0.05) is 44.2 Å². The Bertz CT molecular complexity index is 1700. The maximum atomic E-state index is 13.6. The Morgan fingerprint density at radius 1 is 0.957 bits per heavy atom. The van der Waals surface area contributed by atoms with Crippen LogP contribution in [0.5, 0.6) is 11.6 Å². The van der Waals surface area contributed by atoms with Crippen LogP contribution in [0.2, 0.25) is 0 Å². The SMILES string of the molecule is CC.COCCOc1ccccc1-c1c(OS(=O)(=O)C(F)(F)F)nc(-c2ccc3c(c2)CCN(C(=O)OC(C)(C)C)C3)c2c1CCC2. The third-order valence-corrected chi connectivity index (χ3v) is 8.49. The van der Waals surface area contributed by atoms with E-state index in [1.165, 1.54) is 7.11 Å². The van der Waals surface area contributed by atoms with E-state index in [0.29, 0.717) is 66.9 Å². The summed E-state index contributed by atoms with van der Waals surface area (Å²) >= 11 is 0. The smallest absolute Gasteiger partial charge is 0.491 e. The minimum Gasteiger partial charge on any atom is -0.491 e. The summed E-state index contributed by atoms with van der Waals surface area (Å²) in [5, 5.41) is 0. The van der Waals surface area contributed by atoms with Crippen molar-refractivity contribution in [2.45, 2.75) is 78.0 Å². The minimum absolute atomic E-state index is 0.151. The Morgan fingerprint density at radius 3 is 2.34 bits per heavy atom. The summed E-state index contributed by atoms with van der Waals surface area (Å²) in [6, 6.07) is 12.2. The number of ether oxygens (including phenoxy) is 3. The molecular formula is C34H41F3N2O7S. The molecule has 0 fully saturated rings. The summed E-state index contributed by atoms with van der Waals surface area (Å²) in [5.74, 6) is -0.338.